The van der Waals surface area contributed by atoms with Crippen molar-refractivity contribution in [3.63, 3.8) is 0 Å². The van der Waals surface area contributed by atoms with Crippen LogP contribution in [0.3, 0.4) is 0 Å². The zero-order chi connectivity index (χ0) is 11.1. The zero-order valence-corrected chi connectivity index (χ0v) is 9.21. The van der Waals surface area contributed by atoms with Crippen molar-refractivity contribution in [2.24, 2.45) is 5.41 Å². The van der Waals surface area contributed by atoms with Crippen LogP contribution in [-0.4, -0.2) is 51.0 Å². The van der Waals surface area contributed by atoms with Crippen LogP contribution in [-0.2, 0) is 9.53 Å². The maximum Gasteiger partial charge on any atom is 0.228 e. The molecule has 0 aromatic heterocycles. The first-order chi connectivity index (χ1) is 7.25. The van der Waals surface area contributed by atoms with E-state index in [1.165, 1.54) is 0 Å². The molecule has 15 heavy (non-hydrogen) atoms. The summed E-state index contributed by atoms with van der Waals surface area (Å²) in [4.78, 5) is 11.9. The number of aliphatic hydroxyl groups excluding tert-OH is 1. The monoisotopic (exact) mass is 216 g/mol. The first-order valence-corrected chi connectivity index (χ1v) is 5.34. The minimum absolute atomic E-state index is 0.0000926. The summed E-state index contributed by atoms with van der Waals surface area (Å²) < 4.78 is 5.13. The summed E-state index contributed by atoms with van der Waals surface area (Å²) in [5.74, 6) is -0.0000926. The fraction of sp³-hybridized carbons (Fsp3) is 0.900. The first kappa shape index (κ1) is 12.4. The van der Waals surface area contributed by atoms with Crippen LogP contribution >= 0.6 is 0 Å². The van der Waals surface area contributed by atoms with Crippen LogP contribution in [0.4, 0.5) is 0 Å². The van der Waals surface area contributed by atoms with Crippen LogP contribution in [0.5, 0.6) is 0 Å². The number of aliphatic hydroxyl groups is 1. The number of hydrogen-bond donors (Lipinski definition) is 3. The Bertz CT molecular complexity index is 197. The lowest BCUT2D eigenvalue weighted by molar-refractivity contribution is -0.136. The van der Waals surface area contributed by atoms with Crippen molar-refractivity contribution >= 4 is 5.91 Å². The fourth-order valence-corrected chi connectivity index (χ4v) is 1.98. The average molecular weight is 216 g/mol. The zero-order valence-electron chi connectivity index (χ0n) is 9.21. The van der Waals surface area contributed by atoms with Gasteiger partial charge in [0.05, 0.1) is 18.6 Å². The van der Waals surface area contributed by atoms with E-state index in [4.69, 9.17) is 9.84 Å². The molecule has 0 atom stereocenters. The minimum Gasteiger partial charge on any atom is -0.395 e. The highest BCUT2D eigenvalue weighted by Gasteiger charge is 2.39. The molecule has 0 aromatic carbocycles. The molecule has 1 fully saturated rings. The molecule has 88 valence electrons. The smallest absolute Gasteiger partial charge is 0.228 e. The van der Waals surface area contributed by atoms with Crippen LogP contribution in [0.1, 0.15) is 12.8 Å². The fourth-order valence-electron chi connectivity index (χ4n) is 1.98. The molecular formula is C10H20N2O3. The Balaban J connectivity index is 2.57. The molecule has 0 saturated carbocycles. The third-order valence-electron chi connectivity index (χ3n) is 2.86. The molecule has 0 aromatic rings. The van der Waals surface area contributed by atoms with Crippen LogP contribution < -0.4 is 10.6 Å². The molecule has 1 amide bonds. The summed E-state index contributed by atoms with van der Waals surface area (Å²) in [6, 6.07) is 0. The van der Waals surface area contributed by atoms with E-state index in [9.17, 15) is 4.79 Å². The SMILES string of the molecule is COCC1(C(=O)NCCO)CCNCC1. The van der Waals surface area contributed by atoms with Crippen molar-refractivity contribution in [2.45, 2.75) is 12.8 Å². The first-order valence-electron chi connectivity index (χ1n) is 5.34. The lowest BCUT2D eigenvalue weighted by Gasteiger charge is -2.35. The van der Waals surface area contributed by atoms with Gasteiger partial charge < -0.3 is 20.5 Å². The van der Waals surface area contributed by atoms with E-state index in [1.54, 1.807) is 7.11 Å². The second-order valence-corrected chi connectivity index (χ2v) is 3.94. The van der Waals surface area contributed by atoms with Crippen LogP contribution in [0, 0.1) is 5.41 Å². The lowest BCUT2D eigenvalue weighted by atomic mass is 9.78. The Labute approximate surface area is 90.2 Å². The van der Waals surface area contributed by atoms with E-state index in [-0.39, 0.29) is 12.5 Å². The van der Waals surface area contributed by atoms with E-state index in [2.05, 4.69) is 10.6 Å². The molecule has 0 bridgehead atoms. The number of nitrogens with one attached hydrogen (secondary N) is 2. The van der Waals surface area contributed by atoms with Gasteiger partial charge in [-0.3, -0.25) is 4.79 Å². The Hall–Kier alpha value is -0.650. The van der Waals surface area contributed by atoms with Gasteiger partial charge in [-0.25, -0.2) is 0 Å². The Morgan fingerprint density at radius 2 is 2.20 bits per heavy atom. The largest absolute Gasteiger partial charge is 0.395 e. The third kappa shape index (κ3) is 3.15. The molecule has 5 nitrogen and oxygen atoms in total. The maximum atomic E-state index is 11.9. The molecule has 1 saturated heterocycles. The predicted molar refractivity (Wildman–Crippen MR) is 56.5 cm³/mol. The summed E-state index contributed by atoms with van der Waals surface area (Å²) in [6.45, 7) is 2.43. The Morgan fingerprint density at radius 1 is 1.53 bits per heavy atom. The van der Waals surface area contributed by atoms with E-state index >= 15 is 0 Å². The number of carbonyl (C=O) groups is 1. The van der Waals surface area contributed by atoms with E-state index in [0.717, 1.165) is 25.9 Å². The van der Waals surface area contributed by atoms with E-state index < -0.39 is 5.41 Å². The standard InChI is InChI=1S/C10H20N2O3/c1-15-8-10(2-4-11-5-3-10)9(14)12-6-7-13/h11,13H,2-8H2,1H3,(H,12,14). The van der Waals surface area contributed by atoms with Crippen molar-refractivity contribution in [1.29, 1.82) is 0 Å². The summed E-state index contributed by atoms with van der Waals surface area (Å²) in [6.07, 6.45) is 1.58. The van der Waals surface area contributed by atoms with Gasteiger partial charge in [-0.1, -0.05) is 0 Å². The van der Waals surface area contributed by atoms with Gasteiger partial charge in [0, 0.05) is 13.7 Å². The molecule has 0 aliphatic carbocycles. The van der Waals surface area contributed by atoms with Crippen molar-refractivity contribution in [3.05, 3.63) is 0 Å². The average Bonchev–Trinajstić information content (AvgIpc) is 2.27. The highest BCUT2D eigenvalue weighted by molar-refractivity contribution is 5.82. The third-order valence-corrected chi connectivity index (χ3v) is 2.86. The van der Waals surface area contributed by atoms with Gasteiger partial charge in [0.2, 0.25) is 5.91 Å². The van der Waals surface area contributed by atoms with Crippen LogP contribution in [0.2, 0.25) is 0 Å². The van der Waals surface area contributed by atoms with Gasteiger partial charge in [-0.05, 0) is 25.9 Å². The van der Waals surface area contributed by atoms with Gasteiger partial charge in [-0.2, -0.15) is 0 Å². The van der Waals surface area contributed by atoms with Gasteiger partial charge in [0.15, 0.2) is 0 Å². The number of piperidine rings is 1. The summed E-state index contributed by atoms with van der Waals surface area (Å²) in [7, 11) is 1.61. The minimum atomic E-state index is -0.408. The number of methoxy groups -OCH3 is 1. The highest BCUT2D eigenvalue weighted by atomic mass is 16.5. The molecular weight excluding hydrogens is 196 g/mol. The van der Waals surface area contributed by atoms with E-state index in [0.29, 0.717) is 13.2 Å². The van der Waals surface area contributed by atoms with Crippen molar-refractivity contribution in [1.82, 2.24) is 10.6 Å². The lowest BCUT2D eigenvalue weighted by Crippen LogP contribution is -2.50. The number of rotatable bonds is 5. The van der Waals surface area contributed by atoms with Gasteiger partial charge in [0.1, 0.15) is 0 Å². The quantitative estimate of drug-likeness (QED) is 0.557. The van der Waals surface area contributed by atoms with Crippen LogP contribution in [0.25, 0.3) is 0 Å². The number of hydrogen-bond acceptors (Lipinski definition) is 4. The molecule has 1 aliphatic rings. The van der Waals surface area contributed by atoms with Crippen molar-refractivity contribution in [2.75, 3.05) is 40.0 Å². The Kier molecular flexibility index (Phi) is 5.01. The molecule has 5 heteroatoms. The van der Waals surface area contributed by atoms with Gasteiger partial charge >= 0.3 is 0 Å². The van der Waals surface area contributed by atoms with Crippen molar-refractivity contribution in [3.8, 4) is 0 Å². The predicted octanol–water partition coefficient (Wildman–Crippen LogP) is -0.889. The second-order valence-electron chi connectivity index (χ2n) is 3.94. The van der Waals surface area contributed by atoms with Crippen molar-refractivity contribution < 1.29 is 14.6 Å². The second kappa shape index (κ2) is 6.05. The highest BCUT2D eigenvalue weighted by Crippen LogP contribution is 2.29. The molecule has 3 N–H and O–H groups in total. The molecule has 0 unspecified atom stereocenters. The molecule has 0 radical (unpaired) electrons. The number of amides is 1. The molecule has 0 spiro atoms. The Morgan fingerprint density at radius 3 is 2.73 bits per heavy atom. The summed E-state index contributed by atoms with van der Waals surface area (Å²) >= 11 is 0. The van der Waals surface area contributed by atoms with Gasteiger partial charge in [0.25, 0.3) is 0 Å². The summed E-state index contributed by atoms with van der Waals surface area (Å²) in [5.41, 5.74) is -0.408. The normalized spacial score (nSPS) is 19.9. The van der Waals surface area contributed by atoms with E-state index in [1.807, 2.05) is 0 Å². The summed E-state index contributed by atoms with van der Waals surface area (Å²) in [5, 5.41) is 14.6. The number of carbonyl (C=O) groups excluding carboxylic acids is 1. The number of ether oxygens (including phenoxy) is 1. The molecule has 1 rings (SSSR count). The van der Waals surface area contributed by atoms with Crippen LogP contribution in [0.15, 0.2) is 0 Å². The molecule has 1 aliphatic heterocycles. The van der Waals surface area contributed by atoms with Gasteiger partial charge in [-0.15, -0.1) is 0 Å². The maximum absolute atomic E-state index is 11.9. The topological polar surface area (TPSA) is 70.6 Å². The molecule has 1 heterocycles.